The van der Waals surface area contributed by atoms with E-state index < -0.39 is 29.5 Å². The van der Waals surface area contributed by atoms with Crippen molar-refractivity contribution < 1.29 is 27.9 Å². The van der Waals surface area contributed by atoms with Gasteiger partial charge < -0.3 is 4.74 Å². The van der Waals surface area contributed by atoms with Crippen molar-refractivity contribution in [1.29, 1.82) is 0 Å². The predicted molar refractivity (Wildman–Crippen MR) is 113 cm³/mol. The van der Waals surface area contributed by atoms with Gasteiger partial charge >= 0.3 is 6.03 Å². The number of hydrogen-bond acceptors (Lipinski definition) is 4. The summed E-state index contributed by atoms with van der Waals surface area (Å²) >= 11 is 0. The molecule has 4 amide bonds. The molecule has 160 valence electrons. The number of imide groups is 2. The van der Waals surface area contributed by atoms with Gasteiger partial charge in [0.05, 0.1) is 5.69 Å². The Morgan fingerprint density at radius 2 is 1.59 bits per heavy atom. The number of para-hydroxylation sites is 1. The zero-order valence-electron chi connectivity index (χ0n) is 16.5. The number of anilines is 1. The van der Waals surface area contributed by atoms with Crippen molar-refractivity contribution >= 4 is 29.6 Å². The molecule has 0 aromatic heterocycles. The third-order valence-electron chi connectivity index (χ3n) is 4.67. The molecule has 4 rings (SSSR count). The standard InChI is InChI=1S/C24H16F2N2O4/c25-17-7-3-5-15(11-17)14-32-21-10-2-1-6-16(21)12-20-22(29)27-24(31)28(23(20)30)19-9-4-8-18(26)13-19/h1-13H,14H2,(H,27,29,31)/b20-12+. The normalized spacial score (nSPS) is 15.1. The van der Waals surface area contributed by atoms with Crippen LogP contribution in [0.15, 0.2) is 78.4 Å². The third kappa shape index (κ3) is 4.39. The molecule has 1 saturated heterocycles. The first kappa shape index (κ1) is 20.9. The SMILES string of the molecule is O=C1NC(=O)N(c2cccc(F)c2)C(=O)/C1=C/c1ccccc1OCc1cccc(F)c1. The molecular formula is C24H16F2N2O4. The fraction of sp³-hybridized carbons (Fsp3) is 0.0417. The van der Waals surface area contributed by atoms with E-state index in [1.165, 1.54) is 36.4 Å². The van der Waals surface area contributed by atoms with E-state index in [1.807, 2.05) is 0 Å². The molecule has 0 saturated carbocycles. The Morgan fingerprint density at radius 3 is 2.34 bits per heavy atom. The summed E-state index contributed by atoms with van der Waals surface area (Å²) in [5.74, 6) is -2.47. The second-order valence-electron chi connectivity index (χ2n) is 6.89. The summed E-state index contributed by atoms with van der Waals surface area (Å²) in [5.41, 5.74) is 0.662. The molecule has 6 nitrogen and oxygen atoms in total. The molecule has 0 unspecified atom stereocenters. The molecule has 1 N–H and O–H groups in total. The fourth-order valence-electron chi connectivity index (χ4n) is 3.18. The number of hydrogen-bond donors (Lipinski definition) is 1. The topological polar surface area (TPSA) is 75.7 Å². The van der Waals surface area contributed by atoms with Gasteiger partial charge in [-0.2, -0.15) is 0 Å². The zero-order valence-corrected chi connectivity index (χ0v) is 16.5. The van der Waals surface area contributed by atoms with Crippen LogP contribution in [-0.4, -0.2) is 17.8 Å². The van der Waals surface area contributed by atoms with Gasteiger partial charge in [-0.3, -0.25) is 14.9 Å². The Balaban J connectivity index is 1.64. The van der Waals surface area contributed by atoms with E-state index in [2.05, 4.69) is 5.32 Å². The highest BCUT2D eigenvalue weighted by Crippen LogP contribution is 2.26. The smallest absolute Gasteiger partial charge is 0.335 e. The first-order valence-corrected chi connectivity index (χ1v) is 9.55. The summed E-state index contributed by atoms with van der Waals surface area (Å²) in [7, 11) is 0. The summed E-state index contributed by atoms with van der Waals surface area (Å²) < 4.78 is 32.8. The van der Waals surface area contributed by atoms with E-state index in [-0.39, 0.29) is 17.9 Å². The maximum atomic E-state index is 13.6. The van der Waals surface area contributed by atoms with Gasteiger partial charge in [0, 0.05) is 5.56 Å². The Hall–Kier alpha value is -4.33. The molecule has 1 aliphatic rings. The molecule has 0 atom stereocenters. The van der Waals surface area contributed by atoms with Crippen LogP contribution < -0.4 is 15.0 Å². The monoisotopic (exact) mass is 434 g/mol. The van der Waals surface area contributed by atoms with E-state index in [1.54, 1.807) is 36.4 Å². The highest BCUT2D eigenvalue weighted by atomic mass is 19.1. The maximum Gasteiger partial charge on any atom is 0.335 e. The van der Waals surface area contributed by atoms with Crippen molar-refractivity contribution in [2.45, 2.75) is 6.61 Å². The van der Waals surface area contributed by atoms with Gasteiger partial charge in [0.1, 0.15) is 29.6 Å². The van der Waals surface area contributed by atoms with Crippen LogP contribution in [0.2, 0.25) is 0 Å². The van der Waals surface area contributed by atoms with Crippen LogP contribution in [0.25, 0.3) is 6.08 Å². The maximum absolute atomic E-state index is 13.6. The molecule has 0 bridgehead atoms. The number of barbiturate groups is 1. The minimum Gasteiger partial charge on any atom is -0.488 e. The molecule has 1 fully saturated rings. The molecule has 0 aliphatic carbocycles. The summed E-state index contributed by atoms with van der Waals surface area (Å²) in [6.07, 6.45) is 1.29. The van der Waals surface area contributed by atoms with Crippen LogP contribution in [0.4, 0.5) is 19.3 Å². The van der Waals surface area contributed by atoms with Gasteiger partial charge in [-0.15, -0.1) is 0 Å². The van der Waals surface area contributed by atoms with Crippen molar-refractivity contribution in [2.75, 3.05) is 4.90 Å². The Labute approximate surface area is 181 Å². The second kappa shape index (κ2) is 8.81. The summed E-state index contributed by atoms with van der Waals surface area (Å²) in [5, 5.41) is 2.09. The number of carbonyl (C=O) groups is 3. The molecule has 1 heterocycles. The molecule has 32 heavy (non-hydrogen) atoms. The average molecular weight is 434 g/mol. The Morgan fingerprint density at radius 1 is 0.875 bits per heavy atom. The van der Waals surface area contributed by atoms with E-state index >= 15 is 0 Å². The van der Waals surface area contributed by atoms with Crippen molar-refractivity contribution in [1.82, 2.24) is 5.32 Å². The molecule has 0 spiro atoms. The van der Waals surface area contributed by atoms with Gasteiger partial charge in [-0.25, -0.2) is 18.5 Å². The lowest BCUT2D eigenvalue weighted by molar-refractivity contribution is -0.122. The number of nitrogens with one attached hydrogen (secondary N) is 1. The van der Waals surface area contributed by atoms with Crippen molar-refractivity contribution in [2.24, 2.45) is 0 Å². The minimum atomic E-state index is -0.974. The largest absolute Gasteiger partial charge is 0.488 e. The molecule has 0 radical (unpaired) electrons. The second-order valence-corrected chi connectivity index (χ2v) is 6.89. The Kier molecular flexibility index (Phi) is 5.76. The van der Waals surface area contributed by atoms with Gasteiger partial charge in [-0.1, -0.05) is 36.4 Å². The number of halogens is 2. The summed E-state index contributed by atoms with van der Waals surface area (Å²) in [4.78, 5) is 38.3. The van der Waals surface area contributed by atoms with Crippen LogP contribution in [0, 0.1) is 11.6 Å². The molecule has 8 heteroatoms. The number of urea groups is 1. The number of nitrogens with zero attached hydrogens (tertiary/aromatic N) is 1. The lowest BCUT2D eigenvalue weighted by Gasteiger charge is -2.26. The average Bonchev–Trinajstić information content (AvgIpc) is 2.76. The number of amides is 4. The summed E-state index contributed by atoms with van der Waals surface area (Å²) in [6.45, 7) is 0.0615. The number of benzene rings is 3. The minimum absolute atomic E-state index is 0.0125. The van der Waals surface area contributed by atoms with Crippen LogP contribution in [0.5, 0.6) is 5.75 Å². The van der Waals surface area contributed by atoms with Crippen LogP contribution >= 0.6 is 0 Å². The highest BCUT2D eigenvalue weighted by Gasteiger charge is 2.37. The highest BCUT2D eigenvalue weighted by molar-refractivity contribution is 6.39. The third-order valence-corrected chi connectivity index (χ3v) is 4.67. The quantitative estimate of drug-likeness (QED) is 0.482. The van der Waals surface area contributed by atoms with Gasteiger partial charge in [0.25, 0.3) is 11.8 Å². The molecule has 3 aromatic carbocycles. The first-order chi connectivity index (χ1) is 15.4. The van der Waals surface area contributed by atoms with Crippen molar-refractivity contribution in [3.63, 3.8) is 0 Å². The molecule has 1 aliphatic heterocycles. The molecule has 3 aromatic rings. The summed E-state index contributed by atoms with van der Waals surface area (Å²) in [6, 6.07) is 16.5. The van der Waals surface area contributed by atoms with Crippen LogP contribution in [0.1, 0.15) is 11.1 Å². The van der Waals surface area contributed by atoms with Crippen LogP contribution in [-0.2, 0) is 16.2 Å². The number of rotatable bonds is 5. The fourth-order valence-corrected chi connectivity index (χ4v) is 3.18. The van der Waals surface area contributed by atoms with Gasteiger partial charge in [0.2, 0.25) is 0 Å². The van der Waals surface area contributed by atoms with E-state index in [9.17, 15) is 23.2 Å². The van der Waals surface area contributed by atoms with Crippen molar-refractivity contribution in [3.8, 4) is 5.75 Å². The lowest BCUT2D eigenvalue weighted by atomic mass is 10.1. The van der Waals surface area contributed by atoms with Crippen LogP contribution in [0.3, 0.4) is 0 Å². The van der Waals surface area contributed by atoms with Gasteiger partial charge in [0.15, 0.2) is 0 Å². The Bertz CT molecular complexity index is 1260. The van der Waals surface area contributed by atoms with E-state index in [4.69, 9.17) is 4.74 Å². The number of carbonyl (C=O) groups excluding carboxylic acids is 3. The lowest BCUT2D eigenvalue weighted by Crippen LogP contribution is -2.54. The number of ether oxygens (including phenoxy) is 1. The molecular weight excluding hydrogens is 418 g/mol. The van der Waals surface area contributed by atoms with E-state index in [0.29, 0.717) is 21.8 Å². The predicted octanol–water partition coefficient (Wildman–Crippen LogP) is 4.21. The first-order valence-electron chi connectivity index (χ1n) is 9.55. The van der Waals surface area contributed by atoms with Gasteiger partial charge in [-0.05, 0) is 48.0 Å². The zero-order chi connectivity index (χ0) is 22.7. The van der Waals surface area contributed by atoms with E-state index in [0.717, 1.165) is 6.07 Å². The van der Waals surface area contributed by atoms with Crippen molar-refractivity contribution in [3.05, 3.63) is 101 Å².